The highest BCUT2D eigenvalue weighted by atomic mass is 32.1. The lowest BCUT2D eigenvalue weighted by Crippen LogP contribution is -2.34. The van der Waals surface area contributed by atoms with Gasteiger partial charge in [-0.3, -0.25) is 0 Å². The van der Waals surface area contributed by atoms with Crippen molar-refractivity contribution in [2.24, 2.45) is 0 Å². The van der Waals surface area contributed by atoms with Crippen LogP contribution in [0.2, 0.25) is 0 Å². The molecule has 0 amide bonds. The fourth-order valence-electron chi connectivity index (χ4n) is 1.93. The number of nitrogens with one attached hydrogen (secondary N) is 1. The molecule has 0 aliphatic heterocycles. The highest BCUT2D eigenvalue weighted by molar-refractivity contribution is 7.15. The van der Waals surface area contributed by atoms with E-state index < -0.39 is 0 Å². The summed E-state index contributed by atoms with van der Waals surface area (Å²) in [4.78, 5) is 7.67. The van der Waals surface area contributed by atoms with Crippen molar-refractivity contribution < 1.29 is 4.39 Å². The molecule has 0 bridgehead atoms. The summed E-state index contributed by atoms with van der Waals surface area (Å²) < 4.78 is 13.4. The van der Waals surface area contributed by atoms with E-state index in [0.29, 0.717) is 0 Å². The first-order valence-electron chi connectivity index (χ1n) is 7.12. The molecule has 0 aliphatic rings. The van der Waals surface area contributed by atoms with Gasteiger partial charge in [0.05, 0.1) is 0 Å². The number of nitrogens with zero attached hydrogens (tertiary/aromatic N) is 2. The van der Waals surface area contributed by atoms with Crippen molar-refractivity contribution in [1.82, 2.24) is 10.3 Å². The van der Waals surface area contributed by atoms with E-state index in [1.165, 1.54) is 17.0 Å². The molecule has 0 fully saturated rings. The molecule has 0 radical (unpaired) electrons. The number of benzene rings is 1. The van der Waals surface area contributed by atoms with Gasteiger partial charge in [0.15, 0.2) is 5.13 Å². The van der Waals surface area contributed by atoms with Crippen LogP contribution in [-0.4, -0.2) is 17.1 Å². The molecule has 1 aromatic heterocycles. The van der Waals surface area contributed by atoms with Crippen molar-refractivity contribution in [2.75, 3.05) is 11.4 Å². The van der Waals surface area contributed by atoms with E-state index >= 15 is 0 Å². The molecule has 0 saturated carbocycles. The van der Waals surface area contributed by atoms with Gasteiger partial charge in [0.2, 0.25) is 0 Å². The van der Waals surface area contributed by atoms with Crippen molar-refractivity contribution in [1.29, 1.82) is 0 Å². The van der Waals surface area contributed by atoms with E-state index in [1.807, 2.05) is 24.1 Å². The van der Waals surface area contributed by atoms with E-state index in [1.54, 1.807) is 17.4 Å². The number of anilines is 2. The normalized spacial score (nSPS) is 11.7. The molecular weight excluding hydrogens is 285 g/mol. The third kappa shape index (κ3) is 4.51. The largest absolute Gasteiger partial charge is 0.318 e. The molecule has 21 heavy (non-hydrogen) atoms. The smallest absolute Gasteiger partial charge is 0.190 e. The lowest BCUT2D eigenvalue weighted by atomic mass is 10.1. The summed E-state index contributed by atoms with van der Waals surface area (Å²) in [5.74, 6) is -0.225. The molecule has 2 aromatic rings. The van der Waals surface area contributed by atoms with Crippen LogP contribution in [0.15, 0.2) is 30.5 Å². The second kappa shape index (κ2) is 6.54. The van der Waals surface area contributed by atoms with Gasteiger partial charge in [0, 0.05) is 35.4 Å². The number of rotatable bonds is 5. The summed E-state index contributed by atoms with van der Waals surface area (Å²) in [6.45, 7) is 10.0. The van der Waals surface area contributed by atoms with Crippen molar-refractivity contribution in [3.05, 3.63) is 41.2 Å². The molecular formula is C16H22FN3S. The van der Waals surface area contributed by atoms with E-state index in [2.05, 4.69) is 31.1 Å². The first-order chi connectivity index (χ1) is 9.89. The Morgan fingerprint density at radius 1 is 1.33 bits per heavy atom. The Kier molecular flexibility index (Phi) is 4.96. The minimum absolute atomic E-state index is 0.0805. The fraction of sp³-hybridized carbons (Fsp3) is 0.438. The Hall–Kier alpha value is -1.46. The number of thiazole rings is 1. The molecule has 0 spiro atoms. The van der Waals surface area contributed by atoms with Crippen LogP contribution in [0.25, 0.3) is 0 Å². The second-order valence-corrected chi connectivity index (χ2v) is 7.03. The third-order valence-electron chi connectivity index (χ3n) is 3.00. The van der Waals surface area contributed by atoms with Crippen LogP contribution in [0, 0.1) is 5.82 Å². The molecule has 5 heteroatoms. The zero-order chi connectivity index (χ0) is 15.5. The second-order valence-electron chi connectivity index (χ2n) is 5.94. The Morgan fingerprint density at radius 2 is 2.10 bits per heavy atom. The minimum Gasteiger partial charge on any atom is -0.318 e. The standard InChI is InChI=1S/C16H22FN3S/c1-5-20(13-8-6-7-12(17)9-13)15-18-10-14(21-15)11-19-16(2,3)4/h6-10,19H,5,11H2,1-4H3. The summed E-state index contributed by atoms with van der Waals surface area (Å²) in [6.07, 6.45) is 1.89. The molecule has 3 nitrogen and oxygen atoms in total. The summed E-state index contributed by atoms with van der Waals surface area (Å²) in [5.41, 5.74) is 0.916. The maximum atomic E-state index is 13.4. The van der Waals surface area contributed by atoms with Crippen LogP contribution in [0.1, 0.15) is 32.6 Å². The van der Waals surface area contributed by atoms with Crippen LogP contribution in [0.4, 0.5) is 15.2 Å². The van der Waals surface area contributed by atoms with Crippen molar-refractivity contribution >= 4 is 22.2 Å². The number of hydrogen-bond acceptors (Lipinski definition) is 4. The Morgan fingerprint density at radius 3 is 2.71 bits per heavy atom. The van der Waals surface area contributed by atoms with Crippen molar-refractivity contribution in [3.63, 3.8) is 0 Å². The number of aromatic nitrogens is 1. The van der Waals surface area contributed by atoms with Crippen LogP contribution in [-0.2, 0) is 6.54 Å². The third-order valence-corrected chi connectivity index (χ3v) is 4.02. The van der Waals surface area contributed by atoms with E-state index in [0.717, 1.165) is 23.9 Å². The Labute approximate surface area is 129 Å². The maximum Gasteiger partial charge on any atom is 0.190 e. The summed E-state index contributed by atoms with van der Waals surface area (Å²) in [6, 6.07) is 6.62. The zero-order valence-electron chi connectivity index (χ0n) is 13.0. The molecule has 114 valence electrons. The van der Waals surface area contributed by atoms with Crippen LogP contribution >= 0.6 is 11.3 Å². The Bertz CT molecular complexity index is 589. The predicted molar refractivity (Wildman–Crippen MR) is 87.8 cm³/mol. The highest BCUT2D eigenvalue weighted by Crippen LogP contribution is 2.29. The Balaban J connectivity index is 2.14. The van der Waals surface area contributed by atoms with Crippen LogP contribution < -0.4 is 10.2 Å². The number of halogens is 1. The molecule has 2 rings (SSSR count). The molecule has 1 N–H and O–H groups in total. The van der Waals surface area contributed by atoms with Crippen molar-refractivity contribution in [3.8, 4) is 0 Å². The molecule has 1 heterocycles. The average molecular weight is 307 g/mol. The van der Waals surface area contributed by atoms with Crippen LogP contribution in [0.5, 0.6) is 0 Å². The number of hydrogen-bond donors (Lipinski definition) is 1. The van der Waals surface area contributed by atoms with E-state index in [-0.39, 0.29) is 11.4 Å². The highest BCUT2D eigenvalue weighted by Gasteiger charge is 2.14. The van der Waals surface area contributed by atoms with Gasteiger partial charge in [-0.1, -0.05) is 6.07 Å². The zero-order valence-corrected chi connectivity index (χ0v) is 13.8. The molecule has 0 unspecified atom stereocenters. The van der Waals surface area contributed by atoms with Crippen molar-refractivity contribution in [2.45, 2.75) is 39.8 Å². The molecule has 0 atom stereocenters. The first kappa shape index (κ1) is 15.9. The predicted octanol–water partition coefficient (Wildman–Crippen LogP) is 4.33. The van der Waals surface area contributed by atoms with Gasteiger partial charge in [0.25, 0.3) is 0 Å². The fourth-order valence-corrected chi connectivity index (χ4v) is 2.86. The maximum absolute atomic E-state index is 13.4. The summed E-state index contributed by atoms with van der Waals surface area (Å²) in [5, 5.41) is 4.35. The van der Waals surface area contributed by atoms with Gasteiger partial charge in [-0.15, -0.1) is 11.3 Å². The van der Waals surface area contributed by atoms with E-state index in [4.69, 9.17) is 0 Å². The van der Waals surface area contributed by atoms with Gasteiger partial charge in [-0.25, -0.2) is 9.37 Å². The SMILES string of the molecule is CCN(c1cccc(F)c1)c1ncc(CNC(C)(C)C)s1. The lowest BCUT2D eigenvalue weighted by Gasteiger charge is -2.20. The van der Waals surface area contributed by atoms with Gasteiger partial charge in [0.1, 0.15) is 5.82 Å². The van der Waals surface area contributed by atoms with Gasteiger partial charge in [-0.05, 0) is 45.9 Å². The van der Waals surface area contributed by atoms with Gasteiger partial charge in [-0.2, -0.15) is 0 Å². The van der Waals surface area contributed by atoms with Gasteiger partial charge >= 0.3 is 0 Å². The van der Waals surface area contributed by atoms with Gasteiger partial charge < -0.3 is 10.2 Å². The van der Waals surface area contributed by atoms with E-state index in [9.17, 15) is 4.39 Å². The summed E-state index contributed by atoms with van der Waals surface area (Å²) >= 11 is 1.64. The quantitative estimate of drug-likeness (QED) is 0.891. The minimum atomic E-state index is -0.225. The summed E-state index contributed by atoms with van der Waals surface area (Å²) in [7, 11) is 0. The topological polar surface area (TPSA) is 28.2 Å². The monoisotopic (exact) mass is 307 g/mol. The first-order valence-corrected chi connectivity index (χ1v) is 7.93. The lowest BCUT2D eigenvalue weighted by molar-refractivity contribution is 0.426. The molecule has 0 saturated heterocycles. The molecule has 1 aromatic carbocycles. The van der Waals surface area contributed by atoms with Crippen LogP contribution in [0.3, 0.4) is 0 Å². The average Bonchev–Trinajstić information content (AvgIpc) is 2.85. The molecule has 0 aliphatic carbocycles.